The van der Waals surface area contributed by atoms with Crippen molar-refractivity contribution in [1.82, 2.24) is 5.32 Å². The van der Waals surface area contributed by atoms with Gasteiger partial charge in [0, 0.05) is 6.26 Å². The fraction of sp³-hybridized carbons (Fsp3) is 1.00. The first-order chi connectivity index (χ1) is 4.56. The first-order valence-electron chi connectivity index (χ1n) is 3.44. The largest absolute Gasteiger partial charge is 0.304 e. The Hall–Kier alpha value is -0.0900. The maximum absolute atomic E-state index is 10.5. The van der Waals surface area contributed by atoms with Gasteiger partial charge in [0.1, 0.15) is 0 Å². The van der Waals surface area contributed by atoms with Gasteiger partial charge in [-0.1, -0.05) is 13.3 Å². The van der Waals surface area contributed by atoms with E-state index in [1.165, 1.54) is 6.26 Å². The Balaban J connectivity index is 3.21. The zero-order chi connectivity index (χ0) is 8.04. The minimum Gasteiger partial charge on any atom is -0.304 e. The lowest BCUT2D eigenvalue weighted by Crippen LogP contribution is -2.22. The van der Waals surface area contributed by atoms with Crippen LogP contribution in [0.5, 0.6) is 0 Å². The Morgan fingerprint density at radius 2 is 2.00 bits per heavy atom. The molecule has 0 unspecified atom stereocenters. The van der Waals surface area contributed by atoms with Gasteiger partial charge in [-0.3, -0.25) is 0 Å². The van der Waals surface area contributed by atoms with Crippen LogP contribution >= 0.6 is 0 Å². The van der Waals surface area contributed by atoms with Crippen molar-refractivity contribution in [1.29, 1.82) is 0 Å². The van der Waals surface area contributed by atoms with E-state index in [4.69, 9.17) is 0 Å². The van der Waals surface area contributed by atoms with Crippen LogP contribution in [0.3, 0.4) is 0 Å². The summed E-state index contributed by atoms with van der Waals surface area (Å²) in [5.74, 6) is 0.104. The molecular weight excluding hydrogens is 150 g/mol. The lowest BCUT2D eigenvalue weighted by atomic mass is 10.3. The first kappa shape index (κ1) is 9.91. The van der Waals surface area contributed by atoms with Crippen LogP contribution in [0.15, 0.2) is 0 Å². The van der Waals surface area contributed by atoms with Crippen molar-refractivity contribution in [3.63, 3.8) is 0 Å². The monoisotopic (exact) mass is 165 g/mol. The van der Waals surface area contributed by atoms with Gasteiger partial charge in [0.05, 0.1) is 5.88 Å². The summed E-state index contributed by atoms with van der Waals surface area (Å²) < 4.78 is 21.1. The molecule has 0 aliphatic heterocycles. The molecule has 0 aliphatic rings. The highest BCUT2D eigenvalue weighted by Gasteiger charge is 1.98. The fourth-order valence-corrected chi connectivity index (χ4v) is 1.07. The number of hydrogen-bond donors (Lipinski definition) is 1. The number of rotatable bonds is 5. The third-order valence-electron chi connectivity index (χ3n) is 1.07. The van der Waals surface area contributed by atoms with Crippen molar-refractivity contribution in [2.75, 3.05) is 18.7 Å². The SMILES string of the molecule is CCCCNCS(C)(=O)=O. The van der Waals surface area contributed by atoms with Crippen LogP contribution in [0, 0.1) is 0 Å². The molecule has 0 aromatic rings. The van der Waals surface area contributed by atoms with Crippen molar-refractivity contribution in [2.24, 2.45) is 0 Å². The van der Waals surface area contributed by atoms with Crippen molar-refractivity contribution in [2.45, 2.75) is 19.8 Å². The topological polar surface area (TPSA) is 46.2 Å². The number of sulfone groups is 1. The third kappa shape index (κ3) is 7.91. The van der Waals surface area contributed by atoms with E-state index in [1.807, 2.05) is 0 Å². The molecule has 0 aliphatic carbocycles. The second-order valence-corrected chi connectivity index (χ2v) is 4.56. The quantitative estimate of drug-likeness (QED) is 0.599. The maximum atomic E-state index is 10.5. The van der Waals surface area contributed by atoms with Crippen LogP contribution in [-0.2, 0) is 9.84 Å². The molecule has 1 N–H and O–H groups in total. The molecule has 4 heteroatoms. The zero-order valence-electron chi connectivity index (χ0n) is 6.55. The standard InChI is InChI=1S/C6H15NO2S/c1-3-4-5-7-6-10(2,8)9/h7H,3-6H2,1-2H3. The predicted octanol–water partition coefficient (Wildman–Crippen LogP) is 0.378. The van der Waals surface area contributed by atoms with Crippen LogP contribution in [0.2, 0.25) is 0 Å². The molecule has 62 valence electrons. The van der Waals surface area contributed by atoms with Gasteiger partial charge in [-0.15, -0.1) is 0 Å². The summed E-state index contributed by atoms with van der Waals surface area (Å²) in [5.41, 5.74) is 0. The molecule has 3 nitrogen and oxygen atoms in total. The molecule has 0 radical (unpaired) electrons. The van der Waals surface area contributed by atoms with Gasteiger partial charge in [-0.2, -0.15) is 0 Å². The third-order valence-corrected chi connectivity index (χ3v) is 1.80. The molecule has 0 saturated carbocycles. The summed E-state index contributed by atoms with van der Waals surface area (Å²) in [6, 6.07) is 0. The smallest absolute Gasteiger partial charge is 0.160 e. The molecule has 0 fully saturated rings. The summed E-state index contributed by atoms with van der Waals surface area (Å²) in [4.78, 5) is 0. The average molecular weight is 165 g/mol. The molecule has 0 rings (SSSR count). The Morgan fingerprint density at radius 3 is 2.40 bits per heavy atom. The zero-order valence-corrected chi connectivity index (χ0v) is 7.37. The summed E-state index contributed by atoms with van der Waals surface area (Å²) in [6.45, 7) is 2.87. The highest BCUT2D eigenvalue weighted by atomic mass is 32.2. The van der Waals surface area contributed by atoms with Crippen LogP contribution in [0.4, 0.5) is 0 Å². The van der Waals surface area contributed by atoms with E-state index in [9.17, 15) is 8.42 Å². The molecule has 10 heavy (non-hydrogen) atoms. The fourth-order valence-electron chi connectivity index (χ4n) is 0.559. The Morgan fingerprint density at radius 1 is 1.40 bits per heavy atom. The Bertz CT molecular complexity index is 163. The van der Waals surface area contributed by atoms with Gasteiger partial charge in [-0.05, 0) is 13.0 Å². The van der Waals surface area contributed by atoms with Gasteiger partial charge >= 0.3 is 0 Å². The van der Waals surface area contributed by atoms with Gasteiger partial charge in [0.25, 0.3) is 0 Å². The van der Waals surface area contributed by atoms with E-state index in [0.717, 1.165) is 19.4 Å². The second kappa shape index (κ2) is 4.68. The molecule has 0 atom stereocenters. The second-order valence-electron chi connectivity index (χ2n) is 2.42. The van der Waals surface area contributed by atoms with Crippen molar-refractivity contribution in [3.05, 3.63) is 0 Å². The van der Waals surface area contributed by atoms with Crippen molar-refractivity contribution >= 4 is 9.84 Å². The number of hydrogen-bond acceptors (Lipinski definition) is 3. The van der Waals surface area contributed by atoms with Gasteiger partial charge in [0.2, 0.25) is 0 Å². The van der Waals surface area contributed by atoms with E-state index in [0.29, 0.717) is 0 Å². The Kier molecular flexibility index (Phi) is 4.64. The van der Waals surface area contributed by atoms with Crippen molar-refractivity contribution in [3.8, 4) is 0 Å². The molecular formula is C6H15NO2S. The number of unbranched alkanes of at least 4 members (excludes halogenated alkanes) is 1. The molecule has 0 saturated heterocycles. The first-order valence-corrected chi connectivity index (χ1v) is 5.50. The van der Waals surface area contributed by atoms with E-state index < -0.39 is 9.84 Å². The molecule has 0 heterocycles. The molecule has 0 bridgehead atoms. The normalized spacial score (nSPS) is 11.8. The lowest BCUT2D eigenvalue weighted by molar-refractivity contribution is 0.589. The van der Waals surface area contributed by atoms with E-state index in [1.54, 1.807) is 0 Å². The summed E-state index contributed by atoms with van der Waals surface area (Å²) >= 11 is 0. The van der Waals surface area contributed by atoms with E-state index in [2.05, 4.69) is 12.2 Å². The number of nitrogens with one attached hydrogen (secondary N) is 1. The van der Waals surface area contributed by atoms with Crippen molar-refractivity contribution < 1.29 is 8.42 Å². The highest BCUT2D eigenvalue weighted by Crippen LogP contribution is 1.83. The lowest BCUT2D eigenvalue weighted by Gasteiger charge is -1.99. The van der Waals surface area contributed by atoms with Gasteiger partial charge in [0.15, 0.2) is 9.84 Å². The van der Waals surface area contributed by atoms with Gasteiger partial charge in [-0.25, -0.2) is 8.42 Å². The summed E-state index contributed by atoms with van der Waals surface area (Å²) in [6.07, 6.45) is 3.36. The van der Waals surface area contributed by atoms with Crippen LogP contribution in [-0.4, -0.2) is 27.1 Å². The highest BCUT2D eigenvalue weighted by molar-refractivity contribution is 7.90. The molecule has 0 amide bonds. The van der Waals surface area contributed by atoms with Gasteiger partial charge < -0.3 is 5.32 Å². The molecule has 0 aromatic carbocycles. The predicted molar refractivity (Wildman–Crippen MR) is 42.6 cm³/mol. The maximum Gasteiger partial charge on any atom is 0.160 e. The minimum absolute atomic E-state index is 0.104. The van der Waals surface area contributed by atoms with E-state index >= 15 is 0 Å². The average Bonchev–Trinajstić information content (AvgIpc) is 1.78. The van der Waals surface area contributed by atoms with Crippen LogP contribution in [0.25, 0.3) is 0 Å². The van der Waals surface area contributed by atoms with Crippen LogP contribution < -0.4 is 5.32 Å². The van der Waals surface area contributed by atoms with E-state index in [-0.39, 0.29) is 5.88 Å². The Labute approximate surface area is 62.7 Å². The minimum atomic E-state index is -2.82. The summed E-state index contributed by atoms with van der Waals surface area (Å²) in [7, 11) is -2.82. The molecule has 0 spiro atoms. The van der Waals surface area contributed by atoms with Crippen LogP contribution in [0.1, 0.15) is 19.8 Å². The summed E-state index contributed by atoms with van der Waals surface area (Å²) in [5, 5.41) is 2.84. The molecule has 0 aromatic heterocycles.